The van der Waals surface area contributed by atoms with E-state index in [0.29, 0.717) is 28.3 Å². The molecule has 0 aliphatic carbocycles. The molecule has 34 heavy (non-hydrogen) atoms. The smallest absolute Gasteiger partial charge is 0.258 e. The summed E-state index contributed by atoms with van der Waals surface area (Å²) >= 11 is 0. The summed E-state index contributed by atoms with van der Waals surface area (Å²) in [6.45, 7) is 26.8. The molecule has 3 nitrogen and oxygen atoms in total. The topological polar surface area (TPSA) is 38.7 Å². The van der Waals surface area contributed by atoms with Crippen molar-refractivity contribution in [3.63, 3.8) is 0 Å². The quantitative estimate of drug-likeness (QED) is 0.379. The summed E-state index contributed by atoms with van der Waals surface area (Å²) in [6.07, 6.45) is 0. The van der Waals surface area contributed by atoms with Crippen LogP contribution in [0.1, 0.15) is 98.8 Å². The lowest BCUT2D eigenvalue weighted by molar-refractivity contribution is 0.406. The van der Waals surface area contributed by atoms with Crippen molar-refractivity contribution >= 4 is 8.32 Å². The number of aromatic hydroxyl groups is 1. The lowest BCUT2D eigenvalue weighted by Crippen LogP contribution is -2.50. The van der Waals surface area contributed by atoms with Crippen LogP contribution < -0.4 is 9.16 Å². The average molecular weight is 485 g/mol. The minimum absolute atomic E-state index is 0.230. The van der Waals surface area contributed by atoms with Crippen LogP contribution in [0, 0.1) is 6.92 Å². The third-order valence-electron chi connectivity index (χ3n) is 7.40. The van der Waals surface area contributed by atoms with Crippen LogP contribution >= 0.6 is 0 Å². The van der Waals surface area contributed by atoms with Gasteiger partial charge in [0.15, 0.2) is 0 Å². The van der Waals surface area contributed by atoms with Crippen molar-refractivity contribution in [1.29, 1.82) is 0 Å². The van der Waals surface area contributed by atoms with Crippen molar-refractivity contribution in [3.05, 3.63) is 41.0 Å². The Labute approximate surface area is 210 Å². The third kappa shape index (κ3) is 5.32. The van der Waals surface area contributed by atoms with Crippen molar-refractivity contribution in [1.82, 2.24) is 0 Å². The maximum Gasteiger partial charge on any atom is 0.258 e. The van der Waals surface area contributed by atoms with Crippen LogP contribution in [-0.2, 0) is 5.41 Å². The lowest BCUT2D eigenvalue weighted by Gasteiger charge is -2.43. The van der Waals surface area contributed by atoms with Crippen molar-refractivity contribution in [2.75, 3.05) is 7.11 Å². The molecule has 0 amide bonds. The van der Waals surface area contributed by atoms with E-state index in [1.54, 1.807) is 7.11 Å². The number of hydrogen-bond donors (Lipinski definition) is 1. The first kappa shape index (κ1) is 28.3. The molecule has 0 saturated heterocycles. The van der Waals surface area contributed by atoms with E-state index in [1.165, 1.54) is 11.1 Å². The van der Waals surface area contributed by atoms with Crippen molar-refractivity contribution in [2.24, 2.45) is 0 Å². The van der Waals surface area contributed by atoms with Crippen LogP contribution in [0.25, 0.3) is 11.1 Å². The van der Waals surface area contributed by atoms with Gasteiger partial charge in [0.05, 0.1) is 7.11 Å². The first-order valence-corrected chi connectivity index (χ1v) is 15.0. The summed E-state index contributed by atoms with van der Waals surface area (Å²) in [5, 5.41) is 11.5. The molecular formula is C30H48O3Si. The molecule has 0 radical (unpaired) electrons. The zero-order valence-electron chi connectivity index (χ0n) is 23.9. The van der Waals surface area contributed by atoms with E-state index < -0.39 is 8.32 Å². The zero-order chi connectivity index (χ0) is 26.2. The van der Waals surface area contributed by atoms with E-state index in [4.69, 9.17) is 9.16 Å². The van der Waals surface area contributed by atoms with Crippen molar-refractivity contribution in [2.45, 2.75) is 111 Å². The van der Waals surface area contributed by atoms with Crippen molar-refractivity contribution < 1.29 is 14.3 Å². The molecule has 0 spiro atoms. The molecule has 0 heterocycles. The molecule has 0 aromatic heterocycles. The van der Waals surface area contributed by atoms with Crippen LogP contribution in [0.5, 0.6) is 17.2 Å². The summed E-state index contributed by atoms with van der Waals surface area (Å²) in [7, 11) is -0.519. The average Bonchev–Trinajstić information content (AvgIpc) is 2.70. The highest BCUT2D eigenvalue weighted by Gasteiger charge is 2.47. The van der Waals surface area contributed by atoms with Crippen LogP contribution in [0.2, 0.25) is 16.6 Å². The summed E-state index contributed by atoms with van der Waals surface area (Å²) in [5.41, 5.74) is 6.24. The molecule has 0 bridgehead atoms. The Hall–Kier alpha value is -1.94. The molecule has 1 N–H and O–H groups in total. The van der Waals surface area contributed by atoms with Gasteiger partial charge < -0.3 is 14.3 Å². The number of hydrogen-bond acceptors (Lipinski definition) is 3. The second-order valence-corrected chi connectivity index (χ2v) is 17.5. The Morgan fingerprint density at radius 1 is 0.794 bits per heavy atom. The van der Waals surface area contributed by atoms with E-state index in [9.17, 15) is 5.11 Å². The van der Waals surface area contributed by atoms with E-state index in [0.717, 1.165) is 28.2 Å². The highest BCUT2D eigenvalue weighted by atomic mass is 28.4. The minimum atomic E-state index is -2.20. The molecule has 2 rings (SSSR count). The van der Waals surface area contributed by atoms with Gasteiger partial charge in [0, 0.05) is 16.7 Å². The minimum Gasteiger partial charge on any atom is -0.542 e. The lowest BCUT2D eigenvalue weighted by atomic mass is 9.83. The van der Waals surface area contributed by atoms with Gasteiger partial charge in [0.2, 0.25) is 0 Å². The zero-order valence-corrected chi connectivity index (χ0v) is 24.9. The highest BCUT2D eigenvalue weighted by molar-refractivity contribution is 6.78. The Bertz CT molecular complexity index is 975. The Kier molecular flexibility index (Phi) is 8.62. The number of ether oxygens (including phenoxy) is 1. The van der Waals surface area contributed by atoms with E-state index in [2.05, 4.69) is 95.2 Å². The normalized spacial score (nSPS) is 12.9. The van der Waals surface area contributed by atoms with E-state index in [1.807, 2.05) is 12.1 Å². The predicted molar refractivity (Wildman–Crippen MR) is 149 cm³/mol. The van der Waals surface area contributed by atoms with E-state index >= 15 is 0 Å². The first-order chi connectivity index (χ1) is 15.6. The number of benzene rings is 2. The van der Waals surface area contributed by atoms with Gasteiger partial charge in [0.1, 0.15) is 17.2 Å². The molecule has 2 aromatic carbocycles. The van der Waals surface area contributed by atoms with Gasteiger partial charge >= 0.3 is 0 Å². The van der Waals surface area contributed by atoms with Gasteiger partial charge in [-0.25, -0.2) is 0 Å². The van der Waals surface area contributed by atoms with Gasteiger partial charge in [-0.05, 0) is 70.3 Å². The largest absolute Gasteiger partial charge is 0.542 e. The van der Waals surface area contributed by atoms with Gasteiger partial charge in [0.25, 0.3) is 8.32 Å². The molecule has 0 saturated carbocycles. The van der Waals surface area contributed by atoms with Gasteiger partial charge in [-0.15, -0.1) is 0 Å². The fourth-order valence-electron chi connectivity index (χ4n) is 5.66. The molecule has 0 fully saturated rings. The summed E-state index contributed by atoms with van der Waals surface area (Å²) in [5.74, 6) is 2.30. The van der Waals surface area contributed by atoms with Gasteiger partial charge in [-0.2, -0.15) is 0 Å². The molecule has 2 aromatic rings. The Balaban J connectivity index is 2.96. The fraction of sp³-hybridized carbons (Fsp3) is 0.600. The molecule has 0 aliphatic rings. The Morgan fingerprint density at radius 3 is 1.74 bits per heavy atom. The maximum atomic E-state index is 11.5. The van der Waals surface area contributed by atoms with Gasteiger partial charge in [-0.3, -0.25) is 0 Å². The van der Waals surface area contributed by atoms with Crippen LogP contribution in [0.15, 0.2) is 24.3 Å². The van der Waals surface area contributed by atoms with E-state index in [-0.39, 0.29) is 5.41 Å². The maximum absolute atomic E-state index is 11.5. The summed E-state index contributed by atoms with van der Waals surface area (Å²) in [4.78, 5) is 0. The summed E-state index contributed by atoms with van der Waals surface area (Å²) < 4.78 is 12.9. The second-order valence-electron chi connectivity index (χ2n) is 12.1. The van der Waals surface area contributed by atoms with Crippen LogP contribution in [0.4, 0.5) is 0 Å². The number of aryl methyl sites for hydroxylation is 1. The monoisotopic (exact) mass is 484 g/mol. The molecule has 0 atom stereocenters. The molecule has 4 heteroatoms. The highest BCUT2D eigenvalue weighted by Crippen LogP contribution is 2.49. The molecular weight excluding hydrogens is 436 g/mol. The third-order valence-corrected chi connectivity index (χ3v) is 13.4. The van der Waals surface area contributed by atoms with Gasteiger partial charge in [-0.1, -0.05) is 76.2 Å². The number of phenols is 1. The predicted octanol–water partition coefficient (Wildman–Crippen LogP) is 9.35. The summed E-state index contributed by atoms with van der Waals surface area (Å²) in [6, 6.07) is 8.34. The second kappa shape index (κ2) is 10.4. The van der Waals surface area contributed by atoms with Crippen LogP contribution in [-0.4, -0.2) is 20.5 Å². The standard InChI is InChI=1S/C30H48O3Si/c1-18(2)24-17-25(26-15-23(32-13)16-27(29(26)31)30(10,11)12)28(14-22(24)9)33-34(19(3)4,20(5)6)21(7)8/h14-21,31H,1-13H3. The molecule has 190 valence electrons. The molecule has 0 aliphatic heterocycles. The number of methoxy groups -OCH3 is 1. The fourth-order valence-corrected chi connectivity index (χ4v) is 10.9. The first-order valence-electron chi connectivity index (χ1n) is 12.8. The van der Waals surface area contributed by atoms with Crippen molar-refractivity contribution in [3.8, 4) is 28.4 Å². The Morgan fingerprint density at radius 2 is 1.32 bits per heavy atom. The number of rotatable bonds is 8. The molecule has 0 unspecified atom stereocenters. The SMILES string of the molecule is COc1cc(-c2cc(C(C)C)c(C)cc2O[Si](C(C)C)(C(C)C)C(C)C)c(O)c(C(C)(C)C)c1. The number of phenolic OH excluding ortho intramolecular Hbond substituents is 1. The van der Waals surface area contributed by atoms with Crippen LogP contribution in [0.3, 0.4) is 0 Å².